The van der Waals surface area contributed by atoms with Gasteiger partial charge in [-0.1, -0.05) is 49.1 Å². The van der Waals surface area contributed by atoms with Crippen LogP contribution < -0.4 is 5.32 Å². The molecule has 1 amide bonds. The summed E-state index contributed by atoms with van der Waals surface area (Å²) in [6, 6.07) is 9.10. The van der Waals surface area contributed by atoms with Gasteiger partial charge in [0.15, 0.2) is 0 Å². The second-order valence-electron chi connectivity index (χ2n) is 6.23. The molecule has 0 aliphatic carbocycles. The third-order valence-electron chi connectivity index (χ3n) is 4.46. The van der Waals surface area contributed by atoms with Crippen LogP contribution in [0.5, 0.6) is 0 Å². The molecule has 144 valence electrons. The maximum absolute atomic E-state index is 12.2. The van der Waals surface area contributed by atoms with Crippen LogP contribution in [0.1, 0.15) is 26.2 Å². The van der Waals surface area contributed by atoms with E-state index in [-0.39, 0.29) is 29.5 Å². The van der Waals surface area contributed by atoms with Gasteiger partial charge in [0.25, 0.3) is 0 Å². The lowest BCUT2D eigenvalue weighted by atomic mass is 9.91. The molecule has 0 unspecified atom stereocenters. The number of hydrogen-bond donors (Lipinski definition) is 3. The molecule has 9 heteroatoms. The van der Waals surface area contributed by atoms with Crippen molar-refractivity contribution in [3.8, 4) is 0 Å². The number of amides is 1. The smallest absolute Gasteiger partial charge is 0.449 e. The zero-order chi connectivity index (χ0) is 19.6. The third-order valence-corrected chi connectivity index (χ3v) is 6.34. The number of nitrogens with one attached hydrogen (secondary N) is 1. The average molecular weight is 409 g/mol. The third kappa shape index (κ3) is 4.10. The first-order valence-corrected chi connectivity index (χ1v) is 9.87. The Morgan fingerprint density at radius 3 is 2.70 bits per heavy atom. The topological polar surface area (TPSA) is 99.1 Å². The zero-order valence-corrected chi connectivity index (χ0v) is 16.3. The number of carboxylic acid groups (broad SMARTS) is 1. The Bertz CT molecular complexity index is 783. The molecule has 0 aromatic heterocycles. The number of rotatable bonds is 7. The van der Waals surface area contributed by atoms with E-state index >= 15 is 0 Å². The first-order chi connectivity index (χ1) is 12.9. The van der Waals surface area contributed by atoms with E-state index in [0.717, 1.165) is 0 Å². The first kappa shape index (κ1) is 19.7. The van der Waals surface area contributed by atoms with Crippen LogP contribution in [0.3, 0.4) is 0 Å². The Morgan fingerprint density at radius 1 is 1.37 bits per heavy atom. The number of nitrogens with zero attached hydrogens (tertiary/aromatic N) is 1. The summed E-state index contributed by atoms with van der Waals surface area (Å²) in [6.07, 6.45) is -0.952. The summed E-state index contributed by atoms with van der Waals surface area (Å²) in [4.78, 5) is 26.0. The minimum absolute atomic E-state index is 0.162. The van der Waals surface area contributed by atoms with Crippen LogP contribution in [0.4, 0.5) is 10.5 Å². The molecule has 0 radical (unpaired) electrons. The molecule has 7 nitrogen and oxygen atoms in total. The molecule has 3 atom stereocenters. The highest BCUT2D eigenvalue weighted by Gasteiger charge is 2.55. The van der Waals surface area contributed by atoms with Crippen molar-refractivity contribution in [1.29, 1.82) is 0 Å². The molecule has 1 saturated heterocycles. The fourth-order valence-electron chi connectivity index (χ4n) is 3.09. The van der Waals surface area contributed by atoms with Crippen LogP contribution in [-0.4, -0.2) is 43.6 Å². The molecular formula is C18H20N2O5S2. The summed E-state index contributed by atoms with van der Waals surface area (Å²) in [6.45, 7) is 1.87. The number of aliphatic hydroxyl groups is 1. The standard InChI is InChI=1S/C18H20N2O5S2/c1-2-11(21)14-16(26)20-15(25-18(23)24)12(27-17(14)20)8-9-13(22)19-10-6-4-3-5-7-10/h3-7,11,14,17,21H,2,8-9H2,1H3,(H,19,22)(H,23,24)/t11-,14-,17+/m0/s1. The fraction of sp³-hybridized carbons (Fsp3) is 0.389. The Labute approximate surface area is 166 Å². The van der Waals surface area contributed by atoms with E-state index in [2.05, 4.69) is 5.32 Å². The average Bonchev–Trinajstić information content (AvgIpc) is 2.93. The van der Waals surface area contributed by atoms with Crippen molar-refractivity contribution in [2.45, 2.75) is 37.7 Å². The Hall–Kier alpha value is -2.10. The number of benzene rings is 1. The summed E-state index contributed by atoms with van der Waals surface area (Å²) in [5.74, 6) is -0.237. The minimum atomic E-state index is -1.43. The normalized spacial score (nSPS) is 22.1. The van der Waals surface area contributed by atoms with Crippen LogP contribution in [0, 0.1) is 5.92 Å². The summed E-state index contributed by atoms with van der Waals surface area (Å²) in [5, 5.41) is 21.8. The van der Waals surface area contributed by atoms with Gasteiger partial charge in [-0.2, -0.15) is 0 Å². The van der Waals surface area contributed by atoms with Gasteiger partial charge in [-0.25, -0.2) is 4.79 Å². The quantitative estimate of drug-likeness (QED) is 0.467. The van der Waals surface area contributed by atoms with Crippen LogP contribution in [0.25, 0.3) is 0 Å². The molecule has 2 aliphatic heterocycles. The lowest BCUT2D eigenvalue weighted by Crippen LogP contribution is -2.59. The van der Waals surface area contributed by atoms with Crippen molar-refractivity contribution in [2.24, 2.45) is 5.92 Å². The molecule has 1 fully saturated rings. The number of hydrogen-bond acceptors (Lipinski definition) is 6. The van der Waals surface area contributed by atoms with Crippen molar-refractivity contribution in [1.82, 2.24) is 4.90 Å². The predicted molar refractivity (Wildman–Crippen MR) is 106 cm³/mol. The zero-order valence-electron chi connectivity index (χ0n) is 14.6. The Kier molecular flexibility index (Phi) is 6.03. The number of thioether (sulfide) groups is 1. The van der Waals surface area contributed by atoms with Crippen LogP contribution in [0.15, 0.2) is 41.1 Å². The molecule has 0 spiro atoms. The highest BCUT2D eigenvalue weighted by Crippen LogP contribution is 2.52. The van der Waals surface area contributed by atoms with E-state index in [1.54, 1.807) is 17.0 Å². The highest BCUT2D eigenvalue weighted by atomic mass is 32.2. The van der Waals surface area contributed by atoms with Crippen molar-refractivity contribution in [3.05, 3.63) is 41.1 Å². The fourth-order valence-corrected chi connectivity index (χ4v) is 5.25. The van der Waals surface area contributed by atoms with Crippen LogP contribution in [-0.2, 0) is 9.53 Å². The van der Waals surface area contributed by atoms with Crippen LogP contribution >= 0.6 is 24.0 Å². The SMILES string of the molecule is CC[C@H](O)[C@H]1C(=S)N2C(OC(=O)O)=C(CCC(=O)Nc3ccccc3)S[C@H]12. The number of allylic oxidation sites excluding steroid dienone is 1. The number of aliphatic hydroxyl groups excluding tert-OH is 1. The van der Waals surface area contributed by atoms with E-state index in [1.807, 2.05) is 25.1 Å². The Balaban J connectivity index is 1.67. The summed E-state index contributed by atoms with van der Waals surface area (Å²) >= 11 is 6.76. The molecule has 0 saturated carbocycles. The van der Waals surface area contributed by atoms with Crippen molar-refractivity contribution >= 4 is 46.7 Å². The van der Waals surface area contributed by atoms with Gasteiger partial charge in [0, 0.05) is 17.0 Å². The van der Waals surface area contributed by atoms with E-state index in [4.69, 9.17) is 22.1 Å². The lowest BCUT2D eigenvalue weighted by molar-refractivity contribution is -0.116. The van der Waals surface area contributed by atoms with Gasteiger partial charge in [-0.3, -0.25) is 9.69 Å². The number of ether oxygens (including phenoxy) is 1. The van der Waals surface area contributed by atoms with E-state index < -0.39 is 12.3 Å². The second-order valence-corrected chi connectivity index (χ2v) is 7.86. The van der Waals surface area contributed by atoms with Gasteiger partial charge in [-0.15, -0.1) is 0 Å². The van der Waals surface area contributed by atoms with E-state index in [1.165, 1.54) is 11.8 Å². The van der Waals surface area contributed by atoms with Gasteiger partial charge in [0.2, 0.25) is 11.8 Å². The van der Waals surface area contributed by atoms with Gasteiger partial charge < -0.3 is 20.3 Å². The molecule has 2 heterocycles. The molecule has 1 aromatic rings. The number of fused-ring (bicyclic) bond motifs is 1. The maximum atomic E-state index is 12.2. The molecule has 3 rings (SSSR count). The van der Waals surface area contributed by atoms with Crippen molar-refractivity contribution in [3.63, 3.8) is 0 Å². The maximum Gasteiger partial charge on any atom is 0.512 e. The van der Waals surface area contributed by atoms with E-state index in [9.17, 15) is 14.7 Å². The number of para-hydroxylation sites is 1. The first-order valence-electron chi connectivity index (χ1n) is 8.59. The van der Waals surface area contributed by atoms with Gasteiger partial charge in [-0.05, 0) is 25.0 Å². The van der Waals surface area contributed by atoms with Gasteiger partial charge in [0.05, 0.1) is 22.4 Å². The Morgan fingerprint density at radius 2 is 2.07 bits per heavy atom. The summed E-state index contributed by atoms with van der Waals surface area (Å²) < 4.78 is 4.94. The minimum Gasteiger partial charge on any atom is -0.449 e. The number of carbonyl (C=O) groups excluding carboxylic acids is 1. The second kappa shape index (κ2) is 8.28. The number of carbonyl (C=O) groups is 2. The molecule has 27 heavy (non-hydrogen) atoms. The van der Waals surface area contributed by atoms with E-state index in [0.29, 0.717) is 28.4 Å². The monoisotopic (exact) mass is 408 g/mol. The van der Waals surface area contributed by atoms with Crippen molar-refractivity contribution in [2.75, 3.05) is 5.32 Å². The highest BCUT2D eigenvalue weighted by molar-refractivity contribution is 8.04. The molecular weight excluding hydrogens is 388 g/mol. The van der Waals surface area contributed by atoms with Gasteiger partial charge >= 0.3 is 6.16 Å². The molecule has 2 aliphatic rings. The van der Waals surface area contributed by atoms with Crippen LogP contribution in [0.2, 0.25) is 0 Å². The molecule has 1 aromatic carbocycles. The van der Waals surface area contributed by atoms with Crippen molar-refractivity contribution < 1.29 is 24.5 Å². The number of anilines is 1. The van der Waals surface area contributed by atoms with Gasteiger partial charge in [0.1, 0.15) is 0 Å². The predicted octanol–water partition coefficient (Wildman–Crippen LogP) is 3.37. The molecule has 0 bridgehead atoms. The largest absolute Gasteiger partial charge is 0.512 e. The lowest BCUT2D eigenvalue weighted by Gasteiger charge is -2.46. The molecule has 3 N–H and O–H groups in total. The summed E-state index contributed by atoms with van der Waals surface area (Å²) in [5.41, 5.74) is 0.702. The number of thiocarbonyl (C=S) groups is 1. The summed E-state index contributed by atoms with van der Waals surface area (Å²) in [7, 11) is 0.